The zero-order valence-corrected chi connectivity index (χ0v) is 11.6. The Morgan fingerprint density at radius 1 is 1.42 bits per heavy atom. The first-order chi connectivity index (χ1) is 9.16. The summed E-state index contributed by atoms with van der Waals surface area (Å²) in [6.45, 7) is 2.54. The third-order valence-corrected chi connectivity index (χ3v) is 4.96. The average molecular weight is 281 g/mol. The summed E-state index contributed by atoms with van der Waals surface area (Å²) in [5, 5.41) is 4.47. The molecule has 6 heteroatoms. The molecule has 1 saturated carbocycles. The number of carbonyl (C=O) groups is 1. The van der Waals surface area contributed by atoms with Gasteiger partial charge in [-0.25, -0.2) is 0 Å². The number of nitrogens with one attached hydrogen (secondary N) is 1. The molecular formula is C13H19N3O2S. The highest BCUT2D eigenvalue weighted by Crippen LogP contribution is 2.50. The maximum Gasteiger partial charge on any atom is 0.260 e. The molecule has 2 aliphatic rings. The van der Waals surface area contributed by atoms with E-state index in [1.165, 1.54) is 11.3 Å². The minimum Gasteiger partial charge on any atom is -0.397 e. The van der Waals surface area contributed by atoms with Crippen LogP contribution < -0.4 is 16.8 Å². The van der Waals surface area contributed by atoms with Crippen molar-refractivity contribution in [2.45, 2.75) is 25.2 Å². The molecule has 1 aromatic rings. The van der Waals surface area contributed by atoms with Gasteiger partial charge in [-0.3, -0.25) is 4.79 Å². The number of nitrogens with two attached hydrogens (primary N) is 2. The van der Waals surface area contributed by atoms with Gasteiger partial charge in [0.2, 0.25) is 0 Å². The van der Waals surface area contributed by atoms with Crippen molar-refractivity contribution in [1.29, 1.82) is 0 Å². The molecule has 5 nitrogen and oxygen atoms in total. The van der Waals surface area contributed by atoms with Gasteiger partial charge in [-0.2, -0.15) is 0 Å². The van der Waals surface area contributed by atoms with Gasteiger partial charge in [0.25, 0.3) is 5.91 Å². The van der Waals surface area contributed by atoms with Crippen LogP contribution in [0.5, 0.6) is 0 Å². The molecule has 1 saturated heterocycles. The van der Waals surface area contributed by atoms with Crippen LogP contribution in [0.25, 0.3) is 0 Å². The second-order valence-electron chi connectivity index (χ2n) is 5.34. The largest absolute Gasteiger partial charge is 0.397 e. The summed E-state index contributed by atoms with van der Waals surface area (Å²) in [6, 6.07) is 0. The van der Waals surface area contributed by atoms with E-state index in [9.17, 15) is 4.79 Å². The van der Waals surface area contributed by atoms with Gasteiger partial charge in [0.1, 0.15) is 4.88 Å². The summed E-state index contributed by atoms with van der Waals surface area (Å²) < 4.78 is 5.37. The first-order valence-electron chi connectivity index (χ1n) is 6.70. The van der Waals surface area contributed by atoms with Gasteiger partial charge in [-0.15, -0.1) is 11.3 Å². The van der Waals surface area contributed by atoms with Gasteiger partial charge in [0.15, 0.2) is 0 Å². The number of hydrogen-bond donors (Lipinski definition) is 3. The second kappa shape index (κ2) is 5.02. The average Bonchev–Trinajstić information content (AvgIpc) is 2.96. The molecule has 1 unspecified atom stereocenters. The zero-order chi connectivity index (χ0) is 13.4. The molecule has 0 bridgehead atoms. The highest BCUT2D eigenvalue weighted by molar-refractivity contribution is 7.18. The Kier molecular flexibility index (Phi) is 3.36. The van der Waals surface area contributed by atoms with E-state index >= 15 is 0 Å². The van der Waals surface area contributed by atoms with E-state index < -0.39 is 5.91 Å². The maximum atomic E-state index is 11.4. The Labute approximate surface area is 116 Å². The Bertz CT molecular complexity index is 490. The van der Waals surface area contributed by atoms with Crippen LogP contribution in [0.15, 0.2) is 0 Å². The van der Waals surface area contributed by atoms with Crippen LogP contribution in [-0.4, -0.2) is 25.7 Å². The molecule has 19 heavy (non-hydrogen) atoms. The van der Waals surface area contributed by atoms with Crippen LogP contribution >= 0.6 is 11.3 Å². The first kappa shape index (κ1) is 12.7. The summed E-state index contributed by atoms with van der Waals surface area (Å²) >= 11 is 1.39. The maximum absolute atomic E-state index is 11.4. The number of thiophene rings is 1. The number of carbonyl (C=O) groups excluding carboxylic acids is 1. The number of nitrogen functional groups attached to an aromatic ring is 1. The van der Waals surface area contributed by atoms with E-state index in [-0.39, 0.29) is 0 Å². The van der Waals surface area contributed by atoms with Gasteiger partial charge in [0, 0.05) is 24.6 Å². The Balaban J connectivity index is 1.78. The molecular weight excluding hydrogens is 262 g/mol. The van der Waals surface area contributed by atoms with Crippen molar-refractivity contribution in [3.63, 3.8) is 0 Å². The van der Waals surface area contributed by atoms with Gasteiger partial charge in [-0.05, 0) is 25.2 Å². The van der Waals surface area contributed by atoms with Crippen molar-refractivity contribution in [3.8, 4) is 0 Å². The van der Waals surface area contributed by atoms with Crippen LogP contribution in [0.1, 0.15) is 40.4 Å². The minimum absolute atomic E-state index is 0.429. The van der Waals surface area contributed by atoms with Crippen molar-refractivity contribution in [2.24, 2.45) is 11.7 Å². The smallest absolute Gasteiger partial charge is 0.260 e. The summed E-state index contributed by atoms with van der Waals surface area (Å²) in [5.41, 5.74) is 13.2. The van der Waals surface area contributed by atoms with Crippen molar-refractivity contribution in [2.75, 3.05) is 30.8 Å². The lowest BCUT2D eigenvalue weighted by atomic mass is 10.1. The number of rotatable bonds is 5. The molecule has 0 radical (unpaired) electrons. The van der Waals surface area contributed by atoms with Crippen LogP contribution in [0, 0.1) is 5.92 Å². The number of ether oxygens (including phenoxy) is 1. The van der Waals surface area contributed by atoms with Crippen molar-refractivity contribution in [1.82, 2.24) is 0 Å². The fourth-order valence-electron chi connectivity index (χ4n) is 2.53. The Morgan fingerprint density at radius 3 is 2.79 bits per heavy atom. The van der Waals surface area contributed by atoms with E-state index in [0.717, 1.165) is 49.6 Å². The molecule has 1 amide bonds. The lowest BCUT2D eigenvalue weighted by molar-refractivity contribution is 0.100. The molecule has 104 valence electrons. The normalized spacial score (nSPS) is 22.6. The Hall–Kier alpha value is -1.27. The minimum atomic E-state index is -0.429. The van der Waals surface area contributed by atoms with Gasteiger partial charge >= 0.3 is 0 Å². The molecule has 2 fully saturated rings. The van der Waals surface area contributed by atoms with Crippen molar-refractivity contribution >= 4 is 27.9 Å². The molecule has 0 spiro atoms. The number of primary amides is 1. The second-order valence-corrected chi connectivity index (χ2v) is 6.36. The summed E-state index contributed by atoms with van der Waals surface area (Å²) in [5.74, 6) is 0.626. The standard InChI is InChI=1S/C13H19N3O2S/c14-10-9(8-1-2-8)13(19-11(10)12(15)17)16-5-7-3-4-18-6-7/h7-8,16H,1-6,14H2,(H2,15,17). The van der Waals surface area contributed by atoms with Gasteiger partial charge in [-0.1, -0.05) is 0 Å². The SMILES string of the molecule is NC(=O)c1sc(NCC2CCOC2)c(C2CC2)c1N. The molecule has 5 N–H and O–H groups in total. The number of anilines is 2. The molecule has 3 rings (SSSR count). The summed E-state index contributed by atoms with van der Waals surface area (Å²) in [6.07, 6.45) is 3.40. The fourth-order valence-corrected chi connectivity index (χ4v) is 3.60. The van der Waals surface area contributed by atoms with Crippen molar-refractivity contribution in [3.05, 3.63) is 10.4 Å². The lowest BCUT2D eigenvalue weighted by Gasteiger charge is -2.11. The Morgan fingerprint density at radius 2 is 2.21 bits per heavy atom. The zero-order valence-electron chi connectivity index (χ0n) is 10.8. The van der Waals surface area contributed by atoms with Crippen LogP contribution in [-0.2, 0) is 4.74 Å². The van der Waals surface area contributed by atoms with Gasteiger partial charge < -0.3 is 21.5 Å². The van der Waals surface area contributed by atoms with Gasteiger partial charge in [0.05, 0.1) is 17.3 Å². The number of amides is 1. The quantitative estimate of drug-likeness (QED) is 0.767. The molecule has 2 heterocycles. The van der Waals surface area contributed by atoms with Crippen LogP contribution in [0.4, 0.5) is 10.7 Å². The molecule has 1 aliphatic carbocycles. The van der Waals surface area contributed by atoms with Crippen LogP contribution in [0.2, 0.25) is 0 Å². The van der Waals surface area contributed by atoms with Crippen molar-refractivity contribution < 1.29 is 9.53 Å². The molecule has 1 atom stereocenters. The number of hydrogen-bond acceptors (Lipinski definition) is 5. The topological polar surface area (TPSA) is 90.4 Å². The molecule has 1 aromatic heterocycles. The third kappa shape index (κ3) is 2.55. The molecule has 1 aliphatic heterocycles. The predicted octanol–water partition coefficient (Wildman–Crippen LogP) is 1.75. The highest BCUT2D eigenvalue weighted by atomic mass is 32.1. The third-order valence-electron chi connectivity index (χ3n) is 3.77. The highest BCUT2D eigenvalue weighted by Gasteiger charge is 2.32. The van der Waals surface area contributed by atoms with E-state index in [1.54, 1.807) is 0 Å². The van der Waals surface area contributed by atoms with E-state index in [1.807, 2.05) is 0 Å². The predicted molar refractivity (Wildman–Crippen MR) is 76.6 cm³/mol. The summed E-state index contributed by atoms with van der Waals surface area (Å²) in [7, 11) is 0. The van der Waals surface area contributed by atoms with E-state index in [2.05, 4.69) is 5.32 Å². The molecule has 0 aromatic carbocycles. The van der Waals surface area contributed by atoms with E-state index in [0.29, 0.717) is 22.4 Å². The lowest BCUT2D eigenvalue weighted by Crippen LogP contribution is -2.14. The van der Waals surface area contributed by atoms with E-state index in [4.69, 9.17) is 16.2 Å². The first-order valence-corrected chi connectivity index (χ1v) is 7.52. The fraction of sp³-hybridized carbons (Fsp3) is 0.615. The van der Waals surface area contributed by atoms with Crippen LogP contribution in [0.3, 0.4) is 0 Å². The monoisotopic (exact) mass is 281 g/mol. The summed E-state index contributed by atoms with van der Waals surface area (Å²) in [4.78, 5) is 11.9.